The van der Waals surface area contributed by atoms with Crippen LogP contribution in [0.15, 0.2) is 40.9 Å². The molecule has 96 valence electrons. The van der Waals surface area contributed by atoms with Crippen LogP contribution >= 0.6 is 15.9 Å². The fraction of sp³-hybridized carbons (Fsp3) is 0.133. The summed E-state index contributed by atoms with van der Waals surface area (Å²) in [4.78, 5) is 0. The first kappa shape index (κ1) is 13.4. The van der Waals surface area contributed by atoms with Crippen molar-refractivity contribution in [2.24, 2.45) is 0 Å². The molecule has 0 fully saturated rings. The third-order valence-electron chi connectivity index (χ3n) is 2.75. The molecule has 2 aromatic rings. The van der Waals surface area contributed by atoms with Crippen LogP contribution in [0.2, 0.25) is 0 Å². The van der Waals surface area contributed by atoms with Crippen molar-refractivity contribution in [3.8, 4) is 17.6 Å². The lowest BCUT2D eigenvalue weighted by molar-refractivity contribution is 0.481. The Balaban J connectivity index is 2.25. The molecule has 0 aliphatic heterocycles. The van der Waals surface area contributed by atoms with Crippen molar-refractivity contribution in [2.75, 3.05) is 5.73 Å². The summed E-state index contributed by atoms with van der Waals surface area (Å²) in [6.07, 6.45) is 0.280. The van der Waals surface area contributed by atoms with Gasteiger partial charge in [-0.05, 0) is 54.4 Å². The monoisotopic (exact) mass is 316 g/mol. The zero-order chi connectivity index (χ0) is 13.8. The van der Waals surface area contributed by atoms with Gasteiger partial charge < -0.3 is 10.5 Å². The zero-order valence-corrected chi connectivity index (χ0v) is 12.1. The van der Waals surface area contributed by atoms with E-state index in [1.807, 2.05) is 25.1 Å². The maximum absolute atomic E-state index is 8.74. The van der Waals surface area contributed by atoms with Gasteiger partial charge in [-0.1, -0.05) is 15.9 Å². The number of hydrogen-bond acceptors (Lipinski definition) is 3. The number of rotatable bonds is 3. The van der Waals surface area contributed by atoms with E-state index >= 15 is 0 Å². The van der Waals surface area contributed by atoms with Crippen molar-refractivity contribution >= 4 is 21.6 Å². The number of nitriles is 1. The molecule has 2 rings (SSSR count). The highest BCUT2D eigenvalue weighted by Gasteiger charge is 2.04. The summed E-state index contributed by atoms with van der Waals surface area (Å²) in [6.45, 7) is 2.00. The molecule has 0 atom stereocenters. The average molecular weight is 317 g/mol. The molecule has 0 aliphatic rings. The van der Waals surface area contributed by atoms with Crippen molar-refractivity contribution in [3.63, 3.8) is 0 Å². The van der Waals surface area contributed by atoms with Crippen LogP contribution in [0.1, 0.15) is 11.1 Å². The number of nitrogens with two attached hydrogens (primary N) is 1. The Labute approximate surface area is 120 Å². The van der Waals surface area contributed by atoms with E-state index in [-0.39, 0.29) is 6.42 Å². The lowest BCUT2D eigenvalue weighted by Crippen LogP contribution is -1.94. The smallest absolute Gasteiger partial charge is 0.127 e. The minimum absolute atomic E-state index is 0.280. The van der Waals surface area contributed by atoms with Crippen molar-refractivity contribution < 1.29 is 4.74 Å². The standard InChI is InChI=1S/C15H13BrN2O/c1-10-8-12(2-4-14(10)16)19-13-3-5-15(18)11(9-13)6-7-17/h2-5,8-9H,6,18H2,1H3. The Bertz CT molecular complexity index is 647. The fourth-order valence-corrected chi connectivity index (χ4v) is 1.95. The van der Waals surface area contributed by atoms with Gasteiger partial charge in [0.2, 0.25) is 0 Å². The topological polar surface area (TPSA) is 59.0 Å². The van der Waals surface area contributed by atoms with E-state index in [0.29, 0.717) is 11.4 Å². The van der Waals surface area contributed by atoms with Crippen LogP contribution in [-0.4, -0.2) is 0 Å². The minimum atomic E-state index is 0.280. The van der Waals surface area contributed by atoms with E-state index in [2.05, 4.69) is 22.0 Å². The van der Waals surface area contributed by atoms with Crippen LogP contribution in [0.3, 0.4) is 0 Å². The predicted molar refractivity (Wildman–Crippen MR) is 79.1 cm³/mol. The summed E-state index contributed by atoms with van der Waals surface area (Å²) in [5.74, 6) is 1.44. The molecule has 2 aromatic carbocycles. The van der Waals surface area contributed by atoms with E-state index in [1.54, 1.807) is 18.2 Å². The second kappa shape index (κ2) is 5.77. The number of nitrogen functional groups attached to an aromatic ring is 1. The molecule has 0 unspecified atom stereocenters. The van der Waals surface area contributed by atoms with Gasteiger partial charge in [0, 0.05) is 10.2 Å². The van der Waals surface area contributed by atoms with Gasteiger partial charge in [-0.3, -0.25) is 0 Å². The molecule has 0 spiro atoms. The van der Waals surface area contributed by atoms with Crippen LogP contribution in [0.25, 0.3) is 0 Å². The third kappa shape index (κ3) is 3.27. The van der Waals surface area contributed by atoms with Crippen molar-refractivity contribution in [1.29, 1.82) is 5.26 Å². The number of anilines is 1. The first-order chi connectivity index (χ1) is 9.10. The summed E-state index contributed by atoms with van der Waals surface area (Å²) in [7, 11) is 0. The molecule has 2 N–H and O–H groups in total. The highest BCUT2D eigenvalue weighted by Crippen LogP contribution is 2.28. The summed E-state index contributed by atoms with van der Waals surface area (Å²) >= 11 is 3.45. The molecule has 0 saturated heterocycles. The van der Waals surface area contributed by atoms with Crippen LogP contribution < -0.4 is 10.5 Å². The Kier molecular flexibility index (Phi) is 4.08. The second-order valence-electron chi connectivity index (χ2n) is 4.21. The van der Waals surface area contributed by atoms with E-state index < -0.39 is 0 Å². The SMILES string of the molecule is Cc1cc(Oc2ccc(N)c(CC#N)c2)ccc1Br. The maximum atomic E-state index is 8.74. The average Bonchev–Trinajstić information content (AvgIpc) is 2.38. The first-order valence-corrected chi connectivity index (χ1v) is 6.59. The molecule has 0 aliphatic carbocycles. The Morgan fingerprint density at radius 2 is 1.89 bits per heavy atom. The highest BCUT2D eigenvalue weighted by atomic mass is 79.9. The second-order valence-corrected chi connectivity index (χ2v) is 5.06. The van der Waals surface area contributed by atoms with Crippen LogP contribution in [0.5, 0.6) is 11.5 Å². The van der Waals surface area contributed by atoms with Gasteiger partial charge in [-0.25, -0.2) is 0 Å². The Hall–Kier alpha value is -1.99. The van der Waals surface area contributed by atoms with Crippen LogP contribution in [0, 0.1) is 18.3 Å². The van der Waals surface area contributed by atoms with Gasteiger partial charge in [0.05, 0.1) is 12.5 Å². The minimum Gasteiger partial charge on any atom is -0.457 e. The normalized spacial score (nSPS) is 9.95. The van der Waals surface area contributed by atoms with E-state index in [4.69, 9.17) is 15.7 Å². The van der Waals surface area contributed by atoms with Crippen molar-refractivity contribution in [3.05, 3.63) is 52.0 Å². The van der Waals surface area contributed by atoms with E-state index in [1.165, 1.54) is 0 Å². The van der Waals surface area contributed by atoms with Gasteiger partial charge >= 0.3 is 0 Å². The zero-order valence-electron chi connectivity index (χ0n) is 10.5. The molecule has 0 bridgehead atoms. The molecule has 0 heterocycles. The van der Waals surface area contributed by atoms with Gasteiger partial charge in [-0.15, -0.1) is 0 Å². The Morgan fingerprint density at radius 3 is 2.58 bits per heavy atom. The summed E-state index contributed by atoms with van der Waals surface area (Å²) in [6, 6.07) is 13.2. The largest absolute Gasteiger partial charge is 0.457 e. The number of nitrogens with zero attached hydrogens (tertiary/aromatic N) is 1. The number of benzene rings is 2. The fourth-order valence-electron chi connectivity index (χ4n) is 1.70. The summed E-state index contributed by atoms with van der Waals surface area (Å²) in [5, 5.41) is 8.74. The third-order valence-corrected chi connectivity index (χ3v) is 3.64. The molecule has 0 radical (unpaired) electrons. The molecule has 0 saturated carbocycles. The lowest BCUT2D eigenvalue weighted by Gasteiger charge is -2.09. The quantitative estimate of drug-likeness (QED) is 0.863. The van der Waals surface area contributed by atoms with Gasteiger partial charge in [0.15, 0.2) is 0 Å². The summed E-state index contributed by atoms with van der Waals surface area (Å²) in [5.41, 5.74) is 8.30. The van der Waals surface area contributed by atoms with Crippen LogP contribution in [-0.2, 0) is 6.42 Å². The molecule has 0 amide bonds. The number of aryl methyl sites for hydroxylation is 1. The molecule has 0 aromatic heterocycles. The van der Waals surface area contributed by atoms with Crippen molar-refractivity contribution in [1.82, 2.24) is 0 Å². The van der Waals surface area contributed by atoms with Crippen molar-refractivity contribution in [2.45, 2.75) is 13.3 Å². The maximum Gasteiger partial charge on any atom is 0.127 e. The number of ether oxygens (including phenoxy) is 1. The lowest BCUT2D eigenvalue weighted by atomic mass is 10.1. The van der Waals surface area contributed by atoms with Gasteiger partial charge in [0.1, 0.15) is 11.5 Å². The highest BCUT2D eigenvalue weighted by molar-refractivity contribution is 9.10. The molecular formula is C15H13BrN2O. The van der Waals surface area contributed by atoms with Gasteiger partial charge in [-0.2, -0.15) is 5.26 Å². The Morgan fingerprint density at radius 1 is 1.21 bits per heavy atom. The molecule has 3 nitrogen and oxygen atoms in total. The summed E-state index contributed by atoms with van der Waals surface area (Å²) < 4.78 is 6.81. The molecular weight excluding hydrogens is 304 g/mol. The number of halogens is 1. The number of hydrogen-bond donors (Lipinski definition) is 1. The van der Waals surface area contributed by atoms with Gasteiger partial charge in [0.25, 0.3) is 0 Å². The molecule has 4 heteroatoms. The van der Waals surface area contributed by atoms with Crippen LogP contribution in [0.4, 0.5) is 5.69 Å². The first-order valence-electron chi connectivity index (χ1n) is 5.79. The van der Waals surface area contributed by atoms with E-state index in [0.717, 1.165) is 21.3 Å². The predicted octanol–water partition coefficient (Wildman–Crippen LogP) is 4.20. The molecule has 19 heavy (non-hydrogen) atoms. The van der Waals surface area contributed by atoms with E-state index in [9.17, 15) is 0 Å².